The van der Waals surface area contributed by atoms with Crippen LogP contribution in [-0.2, 0) is 0 Å². The van der Waals surface area contributed by atoms with Crippen molar-refractivity contribution in [3.63, 3.8) is 0 Å². The Morgan fingerprint density at radius 2 is 2.05 bits per heavy atom. The summed E-state index contributed by atoms with van der Waals surface area (Å²) in [7, 11) is 1.61. The number of anilines is 2. The maximum absolute atomic E-state index is 5.80. The van der Waals surface area contributed by atoms with Crippen LogP contribution in [0, 0.1) is 5.92 Å². The maximum atomic E-state index is 5.80. The molecule has 112 valence electrons. The molecule has 1 aliphatic rings. The minimum Gasteiger partial charge on any atom is -0.481 e. The van der Waals surface area contributed by atoms with Gasteiger partial charge in [-0.25, -0.2) is 0 Å². The van der Waals surface area contributed by atoms with Gasteiger partial charge in [0.1, 0.15) is 5.82 Å². The fraction of sp³-hybridized carbons (Fsp3) is 0.733. The molecule has 2 N–H and O–H groups in total. The van der Waals surface area contributed by atoms with Gasteiger partial charge in [-0.3, -0.25) is 0 Å². The van der Waals surface area contributed by atoms with Gasteiger partial charge < -0.3 is 15.4 Å². The van der Waals surface area contributed by atoms with E-state index in [0.29, 0.717) is 17.8 Å². The van der Waals surface area contributed by atoms with Crippen LogP contribution in [0.25, 0.3) is 0 Å². The lowest BCUT2D eigenvalue weighted by Gasteiger charge is -2.31. The lowest BCUT2D eigenvalue weighted by Crippen LogP contribution is -2.35. The number of nitrogen functional groups attached to an aromatic ring is 1. The summed E-state index contributed by atoms with van der Waals surface area (Å²) in [5.74, 6) is 2.41. The highest BCUT2D eigenvalue weighted by Gasteiger charge is 2.24. The van der Waals surface area contributed by atoms with Crippen molar-refractivity contribution in [2.75, 3.05) is 24.3 Å². The van der Waals surface area contributed by atoms with Crippen molar-refractivity contribution in [2.24, 2.45) is 5.92 Å². The SMILES string of the molecule is COc1cc(N(CCC(C)C)C2CCCC2)nc(N)n1. The standard InChI is InChI=1S/C15H26N4O/c1-11(2)8-9-19(12-6-4-5-7-12)13-10-14(20-3)18-15(16)17-13/h10-12H,4-9H2,1-3H3,(H2,16,17,18). The van der Waals surface area contributed by atoms with Crippen LogP contribution in [0.5, 0.6) is 5.88 Å². The first-order valence-electron chi connectivity index (χ1n) is 7.55. The maximum Gasteiger partial charge on any atom is 0.225 e. The Morgan fingerprint density at radius 3 is 2.65 bits per heavy atom. The molecular formula is C15H26N4O. The monoisotopic (exact) mass is 278 g/mol. The van der Waals surface area contributed by atoms with E-state index in [1.807, 2.05) is 6.07 Å². The van der Waals surface area contributed by atoms with Gasteiger partial charge in [-0.1, -0.05) is 26.7 Å². The third-order valence-corrected chi connectivity index (χ3v) is 3.92. The molecule has 0 atom stereocenters. The van der Waals surface area contributed by atoms with Crippen LogP contribution in [0.1, 0.15) is 46.0 Å². The van der Waals surface area contributed by atoms with Crippen LogP contribution < -0.4 is 15.4 Å². The van der Waals surface area contributed by atoms with Crippen LogP contribution in [0.2, 0.25) is 0 Å². The molecule has 1 fully saturated rings. The molecule has 0 saturated heterocycles. The summed E-state index contributed by atoms with van der Waals surface area (Å²) >= 11 is 0. The molecule has 2 rings (SSSR count). The van der Waals surface area contributed by atoms with Crippen molar-refractivity contribution >= 4 is 11.8 Å². The average molecular weight is 278 g/mol. The lowest BCUT2D eigenvalue weighted by atomic mass is 10.1. The normalized spacial score (nSPS) is 15.8. The lowest BCUT2D eigenvalue weighted by molar-refractivity contribution is 0.397. The Bertz CT molecular complexity index is 430. The molecule has 1 aromatic heterocycles. The zero-order chi connectivity index (χ0) is 14.5. The van der Waals surface area contributed by atoms with Gasteiger partial charge in [0, 0.05) is 18.7 Å². The van der Waals surface area contributed by atoms with Gasteiger partial charge in [0.15, 0.2) is 0 Å². The average Bonchev–Trinajstić information content (AvgIpc) is 2.92. The number of nitrogens with zero attached hydrogens (tertiary/aromatic N) is 3. The molecule has 0 unspecified atom stereocenters. The fourth-order valence-corrected chi connectivity index (χ4v) is 2.78. The second-order valence-electron chi connectivity index (χ2n) is 5.94. The number of ether oxygens (including phenoxy) is 1. The number of rotatable bonds is 6. The van der Waals surface area contributed by atoms with Crippen LogP contribution in [0.3, 0.4) is 0 Å². The highest BCUT2D eigenvalue weighted by atomic mass is 16.5. The second-order valence-corrected chi connectivity index (χ2v) is 5.94. The molecule has 1 aliphatic carbocycles. The molecule has 0 spiro atoms. The molecule has 1 heterocycles. The Balaban J connectivity index is 2.22. The van der Waals surface area contributed by atoms with E-state index < -0.39 is 0 Å². The summed E-state index contributed by atoms with van der Waals surface area (Å²) in [5.41, 5.74) is 5.80. The van der Waals surface area contributed by atoms with Crippen molar-refractivity contribution in [3.8, 4) is 5.88 Å². The van der Waals surface area contributed by atoms with Gasteiger partial charge in [-0.05, 0) is 25.2 Å². The van der Waals surface area contributed by atoms with E-state index in [2.05, 4.69) is 28.7 Å². The van der Waals surface area contributed by atoms with Crippen LogP contribution in [0.15, 0.2) is 6.07 Å². The van der Waals surface area contributed by atoms with Gasteiger partial charge in [0.2, 0.25) is 11.8 Å². The van der Waals surface area contributed by atoms with Crippen molar-refractivity contribution in [2.45, 2.75) is 52.0 Å². The van der Waals surface area contributed by atoms with Crippen LogP contribution >= 0.6 is 0 Å². The number of aromatic nitrogens is 2. The van der Waals surface area contributed by atoms with E-state index in [0.717, 1.165) is 18.8 Å². The van der Waals surface area contributed by atoms with Crippen LogP contribution in [0.4, 0.5) is 11.8 Å². The summed E-state index contributed by atoms with van der Waals surface area (Å²) in [6.07, 6.45) is 6.25. The van der Waals surface area contributed by atoms with Crippen molar-refractivity contribution < 1.29 is 4.74 Å². The highest BCUT2D eigenvalue weighted by Crippen LogP contribution is 2.29. The predicted octanol–water partition coefficient (Wildman–Crippen LogP) is 2.86. The summed E-state index contributed by atoms with van der Waals surface area (Å²) in [5, 5.41) is 0. The Hall–Kier alpha value is -1.52. The third-order valence-electron chi connectivity index (χ3n) is 3.92. The van der Waals surface area contributed by atoms with E-state index in [9.17, 15) is 0 Å². The van der Waals surface area contributed by atoms with Crippen molar-refractivity contribution in [1.82, 2.24) is 9.97 Å². The molecule has 0 aromatic carbocycles. The van der Waals surface area contributed by atoms with E-state index in [1.54, 1.807) is 7.11 Å². The molecule has 20 heavy (non-hydrogen) atoms. The topological polar surface area (TPSA) is 64.3 Å². The molecule has 0 radical (unpaired) electrons. The molecule has 5 nitrogen and oxygen atoms in total. The first-order chi connectivity index (χ1) is 9.60. The fourth-order valence-electron chi connectivity index (χ4n) is 2.78. The summed E-state index contributed by atoms with van der Waals surface area (Å²) in [6.45, 7) is 5.52. The molecule has 0 aliphatic heterocycles. The molecular weight excluding hydrogens is 252 g/mol. The van der Waals surface area contributed by atoms with Crippen LogP contribution in [-0.4, -0.2) is 29.7 Å². The number of hydrogen-bond donors (Lipinski definition) is 1. The van der Waals surface area contributed by atoms with Crippen molar-refractivity contribution in [1.29, 1.82) is 0 Å². The molecule has 5 heteroatoms. The smallest absolute Gasteiger partial charge is 0.225 e. The first kappa shape index (κ1) is 14.9. The molecule has 1 aromatic rings. The summed E-state index contributed by atoms with van der Waals surface area (Å²) < 4.78 is 5.22. The van der Waals surface area contributed by atoms with Gasteiger partial charge in [0.05, 0.1) is 7.11 Å². The van der Waals surface area contributed by atoms with E-state index in [4.69, 9.17) is 10.5 Å². The largest absolute Gasteiger partial charge is 0.481 e. The molecule has 0 amide bonds. The first-order valence-corrected chi connectivity index (χ1v) is 7.55. The van der Waals surface area contributed by atoms with Gasteiger partial charge >= 0.3 is 0 Å². The summed E-state index contributed by atoms with van der Waals surface area (Å²) in [6, 6.07) is 2.47. The minimum absolute atomic E-state index is 0.284. The summed E-state index contributed by atoms with van der Waals surface area (Å²) in [4.78, 5) is 10.9. The highest BCUT2D eigenvalue weighted by molar-refractivity contribution is 5.46. The Labute approximate surface area is 121 Å². The van der Waals surface area contributed by atoms with Gasteiger partial charge in [0.25, 0.3) is 0 Å². The number of nitrogens with two attached hydrogens (primary N) is 1. The molecule has 1 saturated carbocycles. The Morgan fingerprint density at radius 1 is 1.35 bits per heavy atom. The zero-order valence-electron chi connectivity index (χ0n) is 12.8. The third kappa shape index (κ3) is 3.74. The minimum atomic E-state index is 0.284. The number of methoxy groups -OCH3 is 1. The van der Waals surface area contributed by atoms with E-state index >= 15 is 0 Å². The Kier molecular flexibility index (Phi) is 5.04. The van der Waals surface area contributed by atoms with Gasteiger partial charge in [-0.2, -0.15) is 9.97 Å². The quantitative estimate of drug-likeness (QED) is 0.866. The van der Waals surface area contributed by atoms with Gasteiger partial charge in [-0.15, -0.1) is 0 Å². The van der Waals surface area contributed by atoms with E-state index in [1.165, 1.54) is 25.7 Å². The predicted molar refractivity (Wildman–Crippen MR) is 82.1 cm³/mol. The van der Waals surface area contributed by atoms with E-state index in [-0.39, 0.29) is 5.95 Å². The second kappa shape index (κ2) is 6.77. The number of hydrogen-bond acceptors (Lipinski definition) is 5. The van der Waals surface area contributed by atoms with Crippen molar-refractivity contribution in [3.05, 3.63) is 6.07 Å². The zero-order valence-corrected chi connectivity index (χ0v) is 12.8. The molecule has 0 bridgehead atoms.